The molecule has 1 aromatic carbocycles. The number of rotatable bonds is 2. The van der Waals surface area contributed by atoms with E-state index in [4.69, 9.17) is 0 Å². The van der Waals surface area contributed by atoms with Crippen LogP contribution < -0.4 is 5.32 Å². The lowest BCUT2D eigenvalue weighted by Crippen LogP contribution is -2.53. The van der Waals surface area contributed by atoms with Gasteiger partial charge in [0.25, 0.3) is 5.91 Å². The molecule has 1 aliphatic carbocycles. The van der Waals surface area contributed by atoms with E-state index in [0.29, 0.717) is 12.0 Å². The molecule has 5 heteroatoms. The maximum Gasteiger partial charge on any atom is 0.325 e. The van der Waals surface area contributed by atoms with Crippen molar-refractivity contribution < 1.29 is 14.0 Å². The molecule has 2 aliphatic rings. The van der Waals surface area contributed by atoms with E-state index in [1.54, 1.807) is 18.2 Å². The van der Waals surface area contributed by atoms with Crippen molar-refractivity contribution >= 4 is 11.9 Å². The first kappa shape index (κ1) is 14.0. The molecule has 1 aliphatic heterocycles. The topological polar surface area (TPSA) is 49.4 Å². The zero-order valence-electron chi connectivity index (χ0n) is 12.1. The van der Waals surface area contributed by atoms with Crippen LogP contribution in [0.25, 0.3) is 0 Å². The van der Waals surface area contributed by atoms with Gasteiger partial charge in [-0.05, 0) is 24.8 Å². The van der Waals surface area contributed by atoms with Gasteiger partial charge >= 0.3 is 6.03 Å². The van der Waals surface area contributed by atoms with Crippen LogP contribution in [0.4, 0.5) is 9.18 Å². The summed E-state index contributed by atoms with van der Waals surface area (Å²) in [7, 11) is 0. The van der Waals surface area contributed by atoms with Crippen molar-refractivity contribution in [2.75, 3.05) is 0 Å². The average molecular weight is 290 g/mol. The summed E-state index contributed by atoms with van der Waals surface area (Å²) in [6, 6.07) is 5.83. The number of carbonyl (C=O) groups is 2. The van der Waals surface area contributed by atoms with Crippen molar-refractivity contribution in [3.8, 4) is 0 Å². The molecule has 1 spiro atoms. The molecule has 2 fully saturated rings. The highest BCUT2D eigenvalue weighted by atomic mass is 19.1. The summed E-state index contributed by atoms with van der Waals surface area (Å²) >= 11 is 0. The average Bonchev–Trinajstić information content (AvgIpc) is 2.70. The second-order valence-corrected chi connectivity index (χ2v) is 6.03. The number of halogens is 1. The van der Waals surface area contributed by atoms with Crippen molar-refractivity contribution in [2.45, 2.75) is 44.7 Å². The van der Waals surface area contributed by atoms with Gasteiger partial charge < -0.3 is 5.32 Å². The SMILES string of the molecule is C[C@H]1CCCC[C@]12NC(=O)N(Cc1ccccc1F)C2=O. The Bertz CT molecular complexity index is 589. The van der Waals surface area contributed by atoms with Crippen LogP contribution in [0.5, 0.6) is 0 Å². The number of carbonyl (C=O) groups excluding carboxylic acids is 2. The summed E-state index contributed by atoms with van der Waals surface area (Å²) in [6.45, 7) is 2.00. The van der Waals surface area contributed by atoms with Gasteiger partial charge in [-0.1, -0.05) is 38.0 Å². The molecule has 4 nitrogen and oxygen atoms in total. The monoisotopic (exact) mass is 290 g/mol. The predicted octanol–water partition coefficient (Wildman–Crippen LogP) is 2.83. The third kappa shape index (κ3) is 2.20. The van der Waals surface area contributed by atoms with Gasteiger partial charge in [-0.15, -0.1) is 0 Å². The molecule has 1 N–H and O–H groups in total. The van der Waals surface area contributed by atoms with Crippen LogP contribution in [0.3, 0.4) is 0 Å². The van der Waals surface area contributed by atoms with E-state index < -0.39 is 17.4 Å². The van der Waals surface area contributed by atoms with Gasteiger partial charge in [0.05, 0.1) is 6.54 Å². The van der Waals surface area contributed by atoms with Crippen LogP contribution in [0.1, 0.15) is 38.2 Å². The molecule has 1 heterocycles. The molecule has 3 rings (SSSR count). The normalized spacial score (nSPS) is 29.0. The summed E-state index contributed by atoms with van der Waals surface area (Å²) in [5.41, 5.74) is -0.415. The fourth-order valence-corrected chi connectivity index (χ4v) is 3.44. The van der Waals surface area contributed by atoms with Crippen LogP contribution >= 0.6 is 0 Å². The summed E-state index contributed by atoms with van der Waals surface area (Å²) in [5.74, 6) is -0.480. The number of hydrogen-bond acceptors (Lipinski definition) is 2. The predicted molar refractivity (Wildman–Crippen MR) is 75.8 cm³/mol. The zero-order chi connectivity index (χ0) is 15.0. The van der Waals surface area contributed by atoms with Gasteiger partial charge in [0, 0.05) is 5.56 Å². The van der Waals surface area contributed by atoms with Crippen LogP contribution in [0.15, 0.2) is 24.3 Å². The van der Waals surface area contributed by atoms with Crippen molar-refractivity contribution in [1.29, 1.82) is 0 Å². The first-order valence-corrected chi connectivity index (χ1v) is 7.42. The first-order valence-electron chi connectivity index (χ1n) is 7.42. The Kier molecular flexibility index (Phi) is 3.43. The fraction of sp³-hybridized carbons (Fsp3) is 0.500. The first-order chi connectivity index (χ1) is 10.0. The quantitative estimate of drug-likeness (QED) is 0.851. The summed E-state index contributed by atoms with van der Waals surface area (Å²) in [6.07, 6.45) is 3.62. The Morgan fingerprint density at radius 1 is 1.33 bits per heavy atom. The molecule has 21 heavy (non-hydrogen) atoms. The van der Waals surface area contributed by atoms with Crippen molar-refractivity contribution in [1.82, 2.24) is 10.2 Å². The minimum Gasteiger partial charge on any atom is -0.323 e. The standard InChI is InChI=1S/C16H19FN2O2/c1-11-6-4-5-9-16(11)14(20)19(15(21)18-16)10-12-7-2-3-8-13(12)17/h2-3,7-8,11H,4-6,9-10H2,1H3,(H,18,21)/t11-,16-/m0/s1. The molecule has 0 bridgehead atoms. The Hall–Kier alpha value is -1.91. The second-order valence-electron chi connectivity index (χ2n) is 6.03. The van der Waals surface area contributed by atoms with E-state index in [9.17, 15) is 14.0 Å². The number of imide groups is 1. The number of hydrogen-bond donors (Lipinski definition) is 1. The number of nitrogens with one attached hydrogen (secondary N) is 1. The highest BCUT2D eigenvalue weighted by Gasteiger charge is 2.54. The molecule has 1 saturated heterocycles. The Labute approximate surface area is 123 Å². The summed E-state index contributed by atoms with van der Waals surface area (Å²) < 4.78 is 13.7. The van der Waals surface area contributed by atoms with E-state index in [-0.39, 0.29) is 18.4 Å². The van der Waals surface area contributed by atoms with E-state index in [1.807, 2.05) is 6.92 Å². The molecule has 2 atom stereocenters. The molecular formula is C16H19FN2O2. The summed E-state index contributed by atoms with van der Waals surface area (Å²) in [4.78, 5) is 26.1. The molecular weight excluding hydrogens is 271 g/mol. The van der Waals surface area contributed by atoms with E-state index in [2.05, 4.69) is 5.32 Å². The second kappa shape index (κ2) is 5.13. The minimum absolute atomic E-state index is 0.00813. The Balaban J connectivity index is 1.86. The maximum absolute atomic E-state index is 13.7. The third-order valence-corrected chi connectivity index (χ3v) is 4.79. The van der Waals surface area contributed by atoms with Gasteiger partial charge in [0.2, 0.25) is 0 Å². The van der Waals surface area contributed by atoms with Gasteiger partial charge in [-0.3, -0.25) is 9.69 Å². The molecule has 1 saturated carbocycles. The Morgan fingerprint density at radius 2 is 2.10 bits per heavy atom. The lowest BCUT2D eigenvalue weighted by Gasteiger charge is -2.36. The zero-order valence-corrected chi connectivity index (χ0v) is 12.1. The highest BCUT2D eigenvalue weighted by molar-refractivity contribution is 6.07. The van der Waals surface area contributed by atoms with Crippen LogP contribution in [0.2, 0.25) is 0 Å². The molecule has 0 radical (unpaired) electrons. The van der Waals surface area contributed by atoms with E-state index in [1.165, 1.54) is 6.07 Å². The molecule has 3 amide bonds. The van der Waals surface area contributed by atoms with Crippen LogP contribution in [-0.4, -0.2) is 22.4 Å². The molecule has 0 unspecified atom stereocenters. The maximum atomic E-state index is 13.7. The number of amides is 3. The van der Waals surface area contributed by atoms with Crippen molar-refractivity contribution in [3.05, 3.63) is 35.6 Å². The number of benzene rings is 1. The van der Waals surface area contributed by atoms with Gasteiger partial charge in [-0.25, -0.2) is 9.18 Å². The fourth-order valence-electron chi connectivity index (χ4n) is 3.44. The number of urea groups is 1. The van der Waals surface area contributed by atoms with E-state index in [0.717, 1.165) is 24.2 Å². The lowest BCUT2D eigenvalue weighted by molar-refractivity contribution is -0.134. The number of nitrogens with zero attached hydrogens (tertiary/aromatic N) is 1. The van der Waals surface area contributed by atoms with Gasteiger partial charge in [0.1, 0.15) is 11.4 Å². The molecule has 112 valence electrons. The molecule has 1 aromatic rings. The highest BCUT2D eigenvalue weighted by Crippen LogP contribution is 2.38. The van der Waals surface area contributed by atoms with Crippen LogP contribution in [0, 0.1) is 11.7 Å². The lowest BCUT2D eigenvalue weighted by atomic mass is 9.73. The van der Waals surface area contributed by atoms with E-state index >= 15 is 0 Å². The smallest absolute Gasteiger partial charge is 0.323 e. The third-order valence-electron chi connectivity index (χ3n) is 4.79. The van der Waals surface area contributed by atoms with Crippen molar-refractivity contribution in [2.24, 2.45) is 5.92 Å². The van der Waals surface area contributed by atoms with Crippen LogP contribution in [-0.2, 0) is 11.3 Å². The van der Waals surface area contributed by atoms with Crippen molar-refractivity contribution in [3.63, 3.8) is 0 Å². The largest absolute Gasteiger partial charge is 0.325 e. The van der Waals surface area contributed by atoms with Gasteiger partial charge in [0.15, 0.2) is 0 Å². The molecule has 0 aromatic heterocycles. The minimum atomic E-state index is -0.777. The van der Waals surface area contributed by atoms with Gasteiger partial charge in [-0.2, -0.15) is 0 Å². The Morgan fingerprint density at radius 3 is 2.81 bits per heavy atom. The summed E-state index contributed by atoms with van der Waals surface area (Å²) in [5, 5.41) is 2.87.